The predicted molar refractivity (Wildman–Crippen MR) is 85.7 cm³/mol. The Balaban J connectivity index is 1.74. The predicted octanol–water partition coefficient (Wildman–Crippen LogP) is 0.799. The van der Waals surface area contributed by atoms with Crippen LogP contribution < -0.4 is 16.0 Å². The first-order chi connectivity index (χ1) is 11.9. The zero-order valence-electron chi connectivity index (χ0n) is 13.6. The molecule has 25 heavy (non-hydrogen) atoms. The molecule has 10 nitrogen and oxygen atoms in total. The maximum absolute atomic E-state index is 12.5. The van der Waals surface area contributed by atoms with E-state index in [-0.39, 0.29) is 29.7 Å². The number of nitrogens with zero attached hydrogens (tertiary/aromatic N) is 3. The highest BCUT2D eigenvalue weighted by Gasteiger charge is 2.25. The molecule has 2 aromatic rings. The van der Waals surface area contributed by atoms with Crippen molar-refractivity contribution in [3.63, 3.8) is 0 Å². The minimum atomic E-state index is -0.494. The fourth-order valence-corrected chi connectivity index (χ4v) is 2.45. The Morgan fingerprint density at radius 1 is 1.32 bits per heavy atom. The molecule has 0 unspecified atom stereocenters. The molecule has 130 valence electrons. The molecule has 0 fully saturated rings. The quantitative estimate of drug-likeness (QED) is 0.745. The number of nitrogens with one attached hydrogen (secondary N) is 3. The van der Waals surface area contributed by atoms with Crippen molar-refractivity contribution >= 4 is 29.4 Å². The van der Waals surface area contributed by atoms with Gasteiger partial charge in [0.05, 0.1) is 6.04 Å². The van der Waals surface area contributed by atoms with Crippen LogP contribution in [0.2, 0.25) is 0 Å². The molecule has 0 saturated heterocycles. The third kappa shape index (κ3) is 3.62. The Bertz CT molecular complexity index is 846. The summed E-state index contributed by atoms with van der Waals surface area (Å²) in [5, 5.41) is 11.6. The normalized spacial score (nSPS) is 14.2. The first-order valence-electron chi connectivity index (χ1n) is 7.63. The molecule has 3 amide bonds. The lowest BCUT2D eigenvalue weighted by molar-refractivity contribution is -0.116. The molecule has 0 aliphatic carbocycles. The molecular weight excluding hydrogens is 328 g/mol. The molecule has 1 aliphatic heterocycles. The van der Waals surface area contributed by atoms with Gasteiger partial charge in [-0.15, -0.1) is 0 Å². The molecule has 3 heterocycles. The summed E-state index contributed by atoms with van der Waals surface area (Å²) in [7, 11) is 0. The van der Waals surface area contributed by atoms with E-state index in [1.807, 2.05) is 0 Å². The molecule has 2 aromatic heterocycles. The van der Waals surface area contributed by atoms with E-state index < -0.39 is 11.9 Å². The standard InChI is InChI=1S/C15H16N6O4/c1-7(10-5-11(21-25-10)19-8(2)22)18-15(24)13-9-3-4-12(23)20-14(9)17-6-16-13/h5-7H,3-4H2,1-2H3,(H,18,24)(H,19,21,22)(H,16,17,20,23)/t7-/m1/s1. The number of carbonyl (C=O) groups excluding carboxylic acids is 3. The Labute approximate surface area is 142 Å². The Hall–Kier alpha value is -3.30. The van der Waals surface area contributed by atoms with Gasteiger partial charge in [-0.1, -0.05) is 5.16 Å². The highest BCUT2D eigenvalue weighted by Crippen LogP contribution is 2.23. The maximum Gasteiger partial charge on any atom is 0.270 e. The van der Waals surface area contributed by atoms with Crippen molar-refractivity contribution in [3.8, 4) is 0 Å². The molecule has 1 aliphatic rings. The first-order valence-corrected chi connectivity index (χ1v) is 7.63. The third-order valence-electron chi connectivity index (χ3n) is 3.63. The van der Waals surface area contributed by atoms with E-state index in [0.29, 0.717) is 23.6 Å². The van der Waals surface area contributed by atoms with E-state index in [4.69, 9.17) is 4.52 Å². The Morgan fingerprint density at radius 2 is 2.12 bits per heavy atom. The second-order valence-corrected chi connectivity index (χ2v) is 5.59. The van der Waals surface area contributed by atoms with Crippen molar-refractivity contribution in [2.45, 2.75) is 32.7 Å². The summed E-state index contributed by atoms with van der Waals surface area (Å²) in [6.07, 6.45) is 1.90. The second-order valence-electron chi connectivity index (χ2n) is 5.59. The van der Waals surface area contributed by atoms with Crippen LogP contribution in [0.3, 0.4) is 0 Å². The Kier molecular flexibility index (Phi) is 4.42. The molecular formula is C15H16N6O4. The van der Waals surface area contributed by atoms with Crippen molar-refractivity contribution in [1.29, 1.82) is 0 Å². The van der Waals surface area contributed by atoms with Crippen molar-refractivity contribution < 1.29 is 18.9 Å². The first kappa shape index (κ1) is 16.6. The number of rotatable bonds is 4. The lowest BCUT2D eigenvalue weighted by atomic mass is 10.0. The number of hydrogen-bond acceptors (Lipinski definition) is 7. The molecule has 3 rings (SSSR count). The number of carbonyl (C=O) groups is 3. The molecule has 0 aromatic carbocycles. The van der Waals surface area contributed by atoms with E-state index >= 15 is 0 Å². The van der Waals surface area contributed by atoms with Gasteiger partial charge in [0.15, 0.2) is 11.6 Å². The van der Waals surface area contributed by atoms with Gasteiger partial charge in [0, 0.05) is 25.0 Å². The van der Waals surface area contributed by atoms with E-state index in [2.05, 4.69) is 31.1 Å². The number of anilines is 2. The summed E-state index contributed by atoms with van der Waals surface area (Å²) in [5.74, 6) is 0.180. The van der Waals surface area contributed by atoms with Gasteiger partial charge < -0.3 is 20.5 Å². The topological polar surface area (TPSA) is 139 Å². The fraction of sp³-hybridized carbons (Fsp3) is 0.333. The lowest BCUT2D eigenvalue weighted by Gasteiger charge is -2.18. The van der Waals surface area contributed by atoms with Gasteiger partial charge in [0.25, 0.3) is 5.91 Å². The van der Waals surface area contributed by atoms with Gasteiger partial charge in [-0.05, 0) is 13.3 Å². The lowest BCUT2D eigenvalue weighted by Crippen LogP contribution is -2.30. The van der Waals surface area contributed by atoms with E-state index in [0.717, 1.165) is 0 Å². The zero-order valence-corrected chi connectivity index (χ0v) is 13.6. The van der Waals surface area contributed by atoms with Crippen LogP contribution in [0.1, 0.15) is 48.1 Å². The summed E-state index contributed by atoms with van der Waals surface area (Å²) < 4.78 is 5.12. The molecule has 3 N–H and O–H groups in total. The average molecular weight is 344 g/mol. The Morgan fingerprint density at radius 3 is 2.88 bits per heavy atom. The number of fused-ring (bicyclic) bond motifs is 1. The van der Waals surface area contributed by atoms with Crippen molar-refractivity contribution in [1.82, 2.24) is 20.4 Å². The minimum absolute atomic E-state index is 0.141. The molecule has 1 atom stereocenters. The summed E-state index contributed by atoms with van der Waals surface area (Å²) in [4.78, 5) is 43.0. The molecule has 0 radical (unpaired) electrons. The van der Waals surface area contributed by atoms with Crippen molar-refractivity contribution in [2.75, 3.05) is 10.6 Å². The van der Waals surface area contributed by atoms with Crippen LogP contribution in [-0.4, -0.2) is 32.8 Å². The highest BCUT2D eigenvalue weighted by atomic mass is 16.5. The van der Waals surface area contributed by atoms with Crippen LogP contribution in [0.25, 0.3) is 0 Å². The summed E-state index contributed by atoms with van der Waals surface area (Å²) >= 11 is 0. The average Bonchev–Trinajstić information content (AvgIpc) is 3.01. The van der Waals surface area contributed by atoms with Gasteiger partial charge in [-0.2, -0.15) is 0 Å². The van der Waals surface area contributed by atoms with Gasteiger partial charge >= 0.3 is 0 Å². The maximum atomic E-state index is 12.5. The minimum Gasteiger partial charge on any atom is -0.357 e. The molecule has 0 spiro atoms. The van der Waals surface area contributed by atoms with Crippen LogP contribution in [0, 0.1) is 0 Å². The molecule has 10 heteroatoms. The van der Waals surface area contributed by atoms with Crippen LogP contribution in [-0.2, 0) is 16.0 Å². The van der Waals surface area contributed by atoms with Gasteiger partial charge in [-0.25, -0.2) is 9.97 Å². The van der Waals surface area contributed by atoms with Crippen LogP contribution in [0.15, 0.2) is 16.9 Å². The smallest absolute Gasteiger partial charge is 0.270 e. The molecule has 0 bridgehead atoms. The van der Waals surface area contributed by atoms with E-state index in [1.165, 1.54) is 19.3 Å². The highest BCUT2D eigenvalue weighted by molar-refractivity contribution is 5.99. The van der Waals surface area contributed by atoms with E-state index in [9.17, 15) is 14.4 Å². The van der Waals surface area contributed by atoms with Crippen LogP contribution >= 0.6 is 0 Å². The zero-order chi connectivity index (χ0) is 18.0. The monoisotopic (exact) mass is 344 g/mol. The fourth-order valence-electron chi connectivity index (χ4n) is 2.45. The van der Waals surface area contributed by atoms with Crippen molar-refractivity contribution in [2.24, 2.45) is 0 Å². The summed E-state index contributed by atoms with van der Waals surface area (Å²) in [5.41, 5.74) is 0.807. The summed E-state index contributed by atoms with van der Waals surface area (Å²) in [6.45, 7) is 3.07. The SMILES string of the molecule is CC(=O)Nc1cc([C@@H](C)NC(=O)c2ncnc3c2CCC(=O)N3)on1. The van der Waals surface area contributed by atoms with Gasteiger partial charge in [-0.3, -0.25) is 14.4 Å². The summed E-state index contributed by atoms with van der Waals surface area (Å²) in [6, 6.07) is 1.04. The number of aromatic nitrogens is 3. The number of hydrogen-bond donors (Lipinski definition) is 3. The van der Waals surface area contributed by atoms with Crippen LogP contribution in [0.4, 0.5) is 11.6 Å². The van der Waals surface area contributed by atoms with E-state index in [1.54, 1.807) is 6.92 Å². The van der Waals surface area contributed by atoms with Gasteiger partial charge in [0.2, 0.25) is 11.8 Å². The molecule has 0 saturated carbocycles. The number of amides is 3. The van der Waals surface area contributed by atoms with Crippen LogP contribution in [0.5, 0.6) is 0 Å². The largest absolute Gasteiger partial charge is 0.357 e. The van der Waals surface area contributed by atoms with Gasteiger partial charge in [0.1, 0.15) is 17.8 Å². The third-order valence-corrected chi connectivity index (χ3v) is 3.63. The van der Waals surface area contributed by atoms with Crippen molar-refractivity contribution in [3.05, 3.63) is 29.4 Å². The second kappa shape index (κ2) is 6.67.